The highest BCUT2D eigenvalue weighted by Gasteiger charge is 2.22. The summed E-state index contributed by atoms with van der Waals surface area (Å²) in [5.41, 5.74) is 2.16. The van der Waals surface area contributed by atoms with Crippen molar-refractivity contribution in [2.45, 2.75) is 6.10 Å². The molecule has 0 aromatic heterocycles. The Kier molecular flexibility index (Phi) is 2.96. The fourth-order valence-electron chi connectivity index (χ4n) is 1.24. The van der Waals surface area contributed by atoms with Gasteiger partial charge in [-0.1, -0.05) is 36.9 Å². The maximum atomic E-state index is 5.45. The van der Waals surface area contributed by atoms with Crippen LogP contribution in [-0.4, -0.2) is 25.9 Å². The predicted molar refractivity (Wildman–Crippen MR) is 56.0 cm³/mol. The standard InChI is InChI=1S/C12H14O2/c1-10(7-13-8-12-9-14-12)11-5-3-2-4-6-11/h2-6,12H,1,7-9H2. The monoisotopic (exact) mass is 190 g/mol. The number of benzene rings is 1. The molecule has 1 atom stereocenters. The van der Waals surface area contributed by atoms with Gasteiger partial charge in [-0.25, -0.2) is 0 Å². The molecule has 2 rings (SSSR count). The molecule has 1 unspecified atom stereocenters. The van der Waals surface area contributed by atoms with Crippen molar-refractivity contribution in [3.8, 4) is 0 Å². The smallest absolute Gasteiger partial charge is 0.104 e. The highest BCUT2D eigenvalue weighted by molar-refractivity contribution is 5.63. The van der Waals surface area contributed by atoms with Crippen LogP contribution in [0.5, 0.6) is 0 Å². The molecule has 1 aliphatic rings. The zero-order valence-corrected chi connectivity index (χ0v) is 8.11. The minimum absolute atomic E-state index is 0.332. The second-order valence-electron chi connectivity index (χ2n) is 3.44. The lowest BCUT2D eigenvalue weighted by Gasteiger charge is -2.05. The van der Waals surface area contributed by atoms with Crippen LogP contribution in [0.3, 0.4) is 0 Å². The van der Waals surface area contributed by atoms with Gasteiger partial charge in [0.05, 0.1) is 19.8 Å². The Hall–Kier alpha value is -1.12. The van der Waals surface area contributed by atoms with Gasteiger partial charge in [0.1, 0.15) is 6.10 Å². The van der Waals surface area contributed by atoms with E-state index in [-0.39, 0.29) is 0 Å². The van der Waals surface area contributed by atoms with Gasteiger partial charge in [0.25, 0.3) is 0 Å². The molecule has 1 aliphatic heterocycles. The maximum absolute atomic E-state index is 5.45. The molecule has 2 nitrogen and oxygen atoms in total. The number of hydrogen-bond acceptors (Lipinski definition) is 2. The molecule has 0 amide bonds. The van der Waals surface area contributed by atoms with Gasteiger partial charge in [0, 0.05) is 0 Å². The Morgan fingerprint density at radius 1 is 1.43 bits per heavy atom. The van der Waals surface area contributed by atoms with E-state index in [0.717, 1.165) is 17.7 Å². The van der Waals surface area contributed by atoms with Crippen LogP contribution < -0.4 is 0 Å². The van der Waals surface area contributed by atoms with Gasteiger partial charge < -0.3 is 9.47 Å². The summed E-state index contributed by atoms with van der Waals surface area (Å²) in [7, 11) is 0. The lowest BCUT2D eigenvalue weighted by Crippen LogP contribution is -2.03. The van der Waals surface area contributed by atoms with Crippen molar-refractivity contribution < 1.29 is 9.47 Å². The summed E-state index contributed by atoms with van der Waals surface area (Å²) in [6.07, 6.45) is 0.332. The Bertz CT molecular complexity index is 301. The van der Waals surface area contributed by atoms with Crippen LogP contribution in [0.1, 0.15) is 5.56 Å². The second kappa shape index (κ2) is 4.40. The zero-order chi connectivity index (χ0) is 9.80. The molecule has 0 radical (unpaired) electrons. The molecular weight excluding hydrogens is 176 g/mol. The molecule has 1 fully saturated rings. The minimum atomic E-state index is 0.332. The fraction of sp³-hybridized carbons (Fsp3) is 0.333. The van der Waals surface area contributed by atoms with Crippen LogP contribution in [0, 0.1) is 0 Å². The van der Waals surface area contributed by atoms with Crippen molar-refractivity contribution in [1.82, 2.24) is 0 Å². The van der Waals surface area contributed by atoms with Gasteiger partial charge in [0.2, 0.25) is 0 Å². The molecule has 1 heterocycles. The molecule has 0 saturated carbocycles. The first-order valence-corrected chi connectivity index (χ1v) is 4.79. The van der Waals surface area contributed by atoms with Gasteiger partial charge in [-0.2, -0.15) is 0 Å². The molecule has 0 aliphatic carbocycles. The summed E-state index contributed by atoms with van der Waals surface area (Å²) >= 11 is 0. The van der Waals surface area contributed by atoms with Crippen molar-refractivity contribution in [2.24, 2.45) is 0 Å². The molecule has 1 aromatic carbocycles. The van der Waals surface area contributed by atoms with Crippen LogP contribution in [0.2, 0.25) is 0 Å². The quantitative estimate of drug-likeness (QED) is 0.663. The Balaban J connectivity index is 1.77. The van der Waals surface area contributed by atoms with Gasteiger partial charge in [-0.05, 0) is 11.1 Å². The topological polar surface area (TPSA) is 21.8 Å². The zero-order valence-electron chi connectivity index (χ0n) is 8.11. The molecule has 74 valence electrons. The van der Waals surface area contributed by atoms with Crippen molar-refractivity contribution in [3.05, 3.63) is 42.5 Å². The third-order valence-electron chi connectivity index (χ3n) is 2.16. The minimum Gasteiger partial charge on any atom is -0.374 e. The summed E-state index contributed by atoms with van der Waals surface area (Å²) in [5.74, 6) is 0. The molecule has 0 spiro atoms. The summed E-state index contributed by atoms with van der Waals surface area (Å²) in [6, 6.07) is 10.1. The first-order chi connectivity index (χ1) is 6.86. The molecular formula is C12H14O2. The van der Waals surface area contributed by atoms with Gasteiger partial charge in [-0.3, -0.25) is 0 Å². The molecule has 1 aromatic rings. The number of rotatable bonds is 5. The Morgan fingerprint density at radius 2 is 2.14 bits per heavy atom. The normalized spacial score (nSPS) is 19.3. The van der Waals surface area contributed by atoms with Crippen LogP contribution in [0.15, 0.2) is 36.9 Å². The Labute approximate surface area is 84.2 Å². The number of hydrogen-bond donors (Lipinski definition) is 0. The number of epoxide rings is 1. The third-order valence-corrected chi connectivity index (χ3v) is 2.16. The summed E-state index contributed by atoms with van der Waals surface area (Å²) in [5, 5.41) is 0. The van der Waals surface area contributed by atoms with E-state index in [1.165, 1.54) is 0 Å². The van der Waals surface area contributed by atoms with Crippen molar-refractivity contribution >= 4 is 5.57 Å². The molecule has 0 bridgehead atoms. The van der Waals surface area contributed by atoms with Gasteiger partial charge in [-0.15, -0.1) is 0 Å². The van der Waals surface area contributed by atoms with Crippen LogP contribution in [-0.2, 0) is 9.47 Å². The van der Waals surface area contributed by atoms with E-state index in [9.17, 15) is 0 Å². The maximum Gasteiger partial charge on any atom is 0.104 e. The molecule has 1 saturated heterocycles. The van der Waals surface area contributed by atoms with E-state index in [0.29, 0.717) is 19.3 Å². The largest absolute Gasteiger partial charge is 0.374 e. The Morgan fingerprint density at radius 3 is 2.79 bits per heavy atom. The average Bonchev–Trinajstić information content (AvgIpc) is 3.03. The predicted octanol–water partition coefficient (Wildman–Crippen LogP) is 2.12. The summed E-state index contributed by atoms with van der Waals surface area (Å²) in [4.78, 5) is 0. The van der Waals surface area contributed by atoms with E-state index in [2.05, 4.69) is 6.58 Å². The van der Waals surface area contributed by atoms with Crippen LogP contribution in [0.25, 0.3) is 5.57 Å². The first-order valence-electron chi connectivity index (χ1n) is 4.79. The van der Waals surface area contributed by atoms with E-state index < -0.39 is 0 Å². The fourth-order valence-corrected chi connectivity index (χ4v) is 1.24. The van der Waals surface area contributed by atoms with E-state index in [4.69, 9.17) is 9.47 Å². The average molecular weight is 190 g/mol. The van der Waals surface area contributed by atoms with E-state index >= 15 is 0 Å². The first kappa shape index (κ1) is 9.44. The van der Waals surface area contributed by atoms with Crippen LogP contribution in [0.4, 0.5) is 0 Å². The van der Waals surface area contributed by atoms with Crippen molar-refractivity contribution in [3.63, 3.8) is 0 Å². The SMILES string of the molecule is C=C(COCC1CO1)c1ccccc1. The summed E-state index contributed by atoms with van der Waals surface area (Å²) in [6.45, 7) is 6.09. The molecule has 0 N–H and O–H groups in total. The lowest BCUT2D eigenvalue weighted by atomic mass is 10.1. The van der Waals surface area contributed by atoms with Crippen LogP contribution >= 0.6 is 0 Å². The van der Waals surface area contributed by atoms with Gasteiger partial charge >= 0.3 is 0 Å². The molecule has 14 heavy (non-hydrogen) atoms. The third kappa shape index (κ3) is 2.69. The summed E-state index contributed by atoms with van der Waals surface area (Å²) < 4.78 is 10.5. The van der Waals surface area contributed by atoms with Crippen molar-refractivity contribution in [2.75, 3.05) is 19.8 Å². The van der Waals surface area contributed by atoms with Crippen molar-refractivity contribution in [1.29, 1.82) is 0 Å². The lowest BCUT2D eigenvalue weighted by molar-refractivity contribution is 0.145. The second-order valence-corrected chi connectivity index (χ2v) is 3.44. The van der Waals surface area contributed by atoms with E-state index in [1.807, 2.05) is 30.3 Å². The number of ether oxygens (including phenoxy) is 2. The van der Waals surface area contributed by atoms with E-state index in [1.54, 1.807) is 0 Å². The van der Waals surface area contributed by atoms with Gasteiger partial charge in [0.15, 0.2) is 0 Å². The molecule has 2 heteroatoms. The highest BCUT2D eigenvalue weighted by Crippen LogP contribution is 2.14. The highest BCUT2D eigenvalue weighted by atomic mass is 16.6.